The number of aromatic nitrogens is 1. The highest BCUT2D eigenvalue weighted by molar-refractivity contribution is 7.13. The van der Waals surface area contributed by atoms with Crippen LogP contribution in [0.15, 0.2) is 38.9 Å². The largest absolute Gasteiger partial charge is 0.458 e. The number of furan rings is 1. The average Bonchev–Trinajstić information content (AvgIpc) is 3.20. The fraction of sp³-hybridized carbons (Fsp3) is 0.333. The zero-order valence-corrected chi connectivity index (χ0v) is 15.1. The van der Waals surface area contributed by atoms with Crippen LogP contribution in [0, 0.1) is 10.1 Å². The number of aliphatic imine (C=N–C) groups is 1. The van der Waals surface area contributed by atoms with Gasteiger partial charge in [-0.2, -0.15) is 4.99 Å². The number of nitro groups is 1. The lowest BCUT2D eigenvalue weighted by Gasteiger charge is -2.09. The minimum absolute atomic E-state index is 0.0593. The molecule has 0 atom stereocenters. The van der Waals surface area contributed by atoms with E-state index < -0.39 is 4.92 Å². The standard InChI is InChI=1S/C15H21N7O3S/c1-2-3-6-18-13(8-22(23)24)19-7-10-4-5-12(25-10)11-9-26-15(20-11)21-14(16)17/h4-5,8-9,18-19H,2-3,6-7H2,1H3,(H4,16,17,20,21)/b13-8+. The lowest BCUT2D eigenvalue weighted by atomic mass is 10.3. The monoisotopic (exact) mass is 379 g/mol. The Morgan fingerprint density at radius 2 is 2.27 bits per heavy atom. The molecule has 0 spiro atoms. The summed E-state index contributed by atoms with van der Waals surface area (Å²) in [6, 6.07) is 3.55. The molecule has 0 unspecified atom stereocenters. The second-order valence-corrected chi connectivity index (χ2v) is 6.12. The van der Waals surface area contributed by atoms with Crippen LogP contribution in [-0.4, -0.2) is 22.4 Å². The van der Waals surface area contributed by atoms with Crippen LogP contribution in [0.4, 0.5) is 5.13 Å². The van der Waals surface area contributed by atoms with E-state index in [2.05, 4.69) is 20.6 Å². The van der Waals surface area contributed by atoms with E-state index in [1.807, 2.05) is 6.92 Å². The molecular formula is C15H21N7O3S. The van der Waals surface area contributed by atoms with Crippen molar-refractivity contribution in [3.05, 3.63) is 45.4 Å². The molecule has 2 aromatic heterocycles. The fourth-order valence-corrected chi connectivity index (χ4v) is 2.69. The molecule has 2 heterocycles. The molecular weight excluding hydrogens is 358 g/mol. The Hall–Kier alpha value is -3.08. The maximum absolute atomic E-state index is 10.7. The summed E-state index contributed by atoms with van der Waals surface area (Å²) in [5.74, 6) is 1.46. The first-order chi connectivity index (χ1) is 12.5. The zero-order valence-electron chi connectivity index (χ0n) is 14.3. The Labute approximate surface area is 154 Å². The van der Waals surface area contributed by atoms with Crippen molar-refractivity contribution in [3.63, 3.8) is 0 Å². The fourth-order valence-electron chi connectivity index (χ4n) is 1.99. The molecule has 0 saturated carbocycles. The third kappa shape index (κ3) is 6.09. The highest BCUT2D eigenvalue weighted by Gasteiger charge is 2.10. The average molecular weight is 379 g/mol. The Morgan fingerprint density at radius 3 is 2.96 bits per heavy atom. The summed E-state index contributed by atoms with van der Waals surface area (Å²) in [5, 5.41) is 18.9. The van der Waals surface area contributed by atoms with Gasteiger partial charge in [-0.3, -0.25) is 10.1 Å². The van der Waals surface area contributed by atoms with Crippen molar-refractivity contribution in [2.24, 2.45) is 16.5 Å². The van der Waals surface area contributed by atoms with E-state index >= 15 is 0 Å². The predicted octanol–water partition coefficient (Wildman–Crippen LogP) is 1.86. The van der Waals surface area contributed by atoms with E-state index in [4.69, 9.17) is 15.9 Å². The molecule has 0 fully saturated rings. The van der Waals surface area contributed by atoms with Crippen molar-refractivity contribution < 1.29 is 9.34 Å². The molecule has 2 rings (SSSR count). The number of unbranched alkanes of at least 4 members (excludes halogenated alkanes) is 1. The van der Waals surface area contributed by atoms with E-state index in [1.54, 1.807) is 17.5 Å². The predicted molar refractivity (Wildman–Crippen MR) is 100 cm³/mol. The molecule has 0 amide bonds. The second kappa shape index (κ2) is 9.42. The highest BCUT2D eigenvalue weighted by atomic mass is 32.1. The van der Waals surface area contributed by atoms with Crippen molar-refractivity contribution in [2.75, 3.05) is 6.54 Å². The van der Waals surface area contributed by atoms with E-state index in [1.165, 1.54) is 11.3 Å². The molecule has 0 aliphatic rings. The number of guanidine groups is 1. The summed E-state index contributed by atoms with van der Waals surface area (Å²) in [6.45, 7) is 3.00. The Morgan fingerprint density at radius 1 is 1.46 bits per heavy atom. The summed E-state index contributed by atoms with van der Waals surface area (Å²) in [5.41, 5.74) is 11.3. The summed E-state index contributed by atoms with van der Waals surface area (Å²) in [6.07, 6.45) is 2.82. The van der Waals surface area contributed by atoms with Crippen molar-refractivity contribution in [1.29, 1.82) is 0 Å². The van der Waals surface area contributed by atoms with Gasteiger partial charge in [0.25, 0.3) is 6.20 Å². The van der Waals surface area contributed by atoms with Gasteiger partial charge >= 0.3 is 0 Å². The van der Waals surface area contributed by atoms with Crippen LogP contribution in [-0.2, 0) is 6.54 Å². The minimum atomic E-state index is -0.505. The normalized spacial score (nSPS) is 11.2. The molecule has 0 aliphatic heterocycles. The number of rotatable bonds is 10. The molecule has 6 N–H and O–H groups in total. The van der Waals surface area contributed by atoms with Gasteiger partial charge < -0.3 is 26.5 Å². The van der Waals surface area contributed by atoms with Gasteiger partial charge in [-0.1, -0.05) is 13.3 Å². The van der Waals surface area contributed by atoms with Gasteiger partial charge in [0.2, 0.25) is 5.13 Å². The van der Waals surface area contributed by atoms with Gasteiger partial charge in [0.05, 0.1) is 11.5 Å². The first-order valence-corrected chi connectivity index (χ1v) is 8.83. The SMILES string of the molecule is CCCCN/C(=C\[N+](=O)[O-])NCc1ccc(-c2csc(N=C(N)N)n2)o1. The lowest BCUT2D eigenvalue weighted by Crippen LogP contribution is -2.27. The summed E-state index contributed by atoms with van der Waals surface area (Å²) < 4.78 is 5.71. The molecule has 0 bridgehead atoms. The number of thiazole rings is 1. The van der Waals surface area contributed by atoms with Gasteiger partial charge in [-0.25, -0.2) is 4.98 Å². The number of nitrogens with zero attached hydrogens (tertiary/aromatic N) is 3. The number of hydrogen-bond donors (Lipinski definition) is 4. The molecule has 10 nitrogen and oxygen atoms in total. The third-order valence-electron chi connectivity index (χ3n) is 3.16. The second-order valence-electron chi connectivity index (χ2n) is 5.28. The molecule has 0 aliphatic carbocycles. The summed E-state index contributed by atoms with van der Waals surface area (Å²) >= 11 is 1.29. The third-order valence-corrected chi connectivity index (χ3v) is 3.90. The van der Waals surface area contributed by atoms with E-state index in [9.17, 15) is 10.1 Å². The van der Waals surface area contributed by atoms with Crippen LogP contribution < -0.4 is 22.1 Å². The van der Waals surface area contributed by atoms with Crippen LogP contribution in [0.5, 0.6) is 0 Å². The van der Waals surface area contributed by atoms with Crippen LogP contribution in [0.2, 0.25) is 0 Å². The van der Waals surface area contributed by atoms with Crippen LogP contribution in [0.25, 0.3) is 11.5 Å². The molecule has 0 radical (unpaired) electrons. The van der Waals surface area contributed by atoms with Crippen LogP contribution in [0.3, 0.4) is 0 Å². The van der Waals surface area contributed by atoms with Crippen LogP contribution >= 0.6 is 11.3 Å². The topological polar surface area (TPSA) is 158 Å². The Bertz CT molecular complexity index is 793. The quantitative estimate of drug-likeness (QED) is 0.160. The number of hydrogen-bond acceptors (Lipinski definition) is 8. The van der Waals surface area contributed by atoms with E-state index in [-0.39, 0.29) is 5.96 Å². The molecule has 11 heteroatoms. The molecule has 0 saturated heterocycles. The van der Waals surface area contributed by atoms with Crippen LogP contribution in [0.1, 0.15) is 25.5 Å². The van der Waals surface area contributed by atoms with Crippen molar-refractivity contribution in [1.82, 2.24) is 15.6 Å². The summed E-state index contributed by atoms with van der Waals surface area (Å²) in [7, 11) is 0. The Kier molecular flexibility index (Phi) is 6.97. The maximum atomic E-state index is 10.7. The zero-order chi connectivity index (χ0) is 18.9. The first kappa shape index (κ1) is 19.2. The van der Waals surface area contributed by atoms with Gasteiger partial charge in [0.15, 0.2) is 17.5 Å². The molecule has 0 aromatic carbocycles. The van der Waals surface area contributed by atoms with Gasteiger partial charge in [0, 0.05) is 11.9 Å². The molecule has 140 valence electrons. The number of nitrogens with one attached hydrogen (secondary N) is 2. The van der Waals surface area contributed by atoms with E-state index in [0.717, 1.165) is 19.0 Å². The number of nitrogens with two attached hydrogens (primary N) is 2. The lowest BCUT2D eigenvalue weighted by molar-refractivity contribution is -0.404. The van der Waals surface area contributed by atoms with Gasteiger partial charge in [0.1, 0.15) is 11.5 Å². The Balaban J connectivity index is 1.99. The smallest absolute Gasteiger partial charge is 0.274 e. The van der Waals surface area contributed by atoms with Crippen molar-refractivity contribution >= 4 is 22.4 Å². The molecule has 26 heavy (non-hydrogen) atoms. The highest BCUT2D eigenvalue weighted by Crippen LogP contribution is 2.27. The van der Waals surface area contributed by atoms with Gasteiger partial charge in [-0.15, -0.1) is 11.3 Å². The van der Waals surface area contributed by atoms with Gasteiger partial charge in [-0.05, 0) is 18.6 Å². The van der Waals surface area contributed by atoms with Crippen molar-refractivity contribution in [3.8, 4) is 11.5 Å². The first-order valence-electron chi connectivity index (χ1n) is 7.95. The minimum Gasteiger partial charge on any atom is -0.458 e. The molecule has 2 aromatic rings. The summed E-state index contributed by atoms with van der Waals surface area (Å²) in [4.78, 5) is 18.4. The van der Waals surface area contributed by atoms with Crippen molar-refractivity contribution in [2.45, 2.75) is 26.3 Å². The van der Waals surface area contributed by atoms with E-state index in [0.29, 0.717) is 41.3 Å². The maximum Gasteiger partial charge on any atom is 0.274 e.